The largest absolute Gasteiger partial charge is 0.493 e. The maximum absolute atomic E-state index is 11.6. The van der Waals surface area contributed by atoms with Crippen molar-refractivity contribution >= 4 is 11.4 Å². The molecule has 0 bridgehead atoms. The normalized spacial score (nSPS) is 13.6. The van der Waals surface area contributed by atoms with Gasteiger partial charge < -0.3 is 5.53 Å². The van der Waals surface area contributed by atoms with Crippen molar-refractivity contribution in [2.75, 3.05) is 0 Å². The molecule has 0 aromatic heterocycles. The molecular weight excluding hydrogens is 436 g/mol. The van der Waals surface area contributed by atoms with Gasteiger partial charge in [0.25, 0.3) is 0 Å². The Labute approximate surface area is 221 Å². The van der Waals surface area contributed by atoms with Crippen molar-refractivity contribution in [1.82, 2.24) is 0 Å². The van der Waals surface area contributed by atoms with E-state index in [1.165, 1.54) is 83.9 Å². The van der Waals surface area contributed by atoms with Crippen LogP contribution in [-0.2, 0) is 25.7 Å². The topological polar surface area (TPSA) is 25.3 Å². The highest BCUT2D eigenvalue weighted by Gasteiger charge is 2.29. The highest BCUT2D eigenvalue weighted by Crippen LogP contribution is 2.38. The summed E-state index contributed by atoms with van der Waals surface area (Å²) in [5.41, 5.74) is 22.6. The summed E-state index contributed by atoms with van der Waals surface area (Å²) >= 11 is 0. The van der Waals surface area contributed by atoms with Crippen molar-refractivity contribution in [3.8, 4) is 0 Å². The van der Waals surface area contributed by atoms with Gasteiger partial charge in [0, 0.05) is 22.8 Å². The van der Waals surface area contributed by atoms with Crippen LogP contribution in [0, 0.1) is 0 Å². The summed E-state index contributed by atoms with van der Waals surface area (Å²) in [7, 11) is 0. The van der Waals surface area contributed by atoms with Crippen LogP contribution in [0.25, 0.3) is 16.9 Å². The number of nitrogens with zero attached hydrogens (tertiary/aromatic N) is 2. The van der Waals surface area contributed by atoms with Crippen LogP contribution in [0.5, 0.6) is 0 Å². The average Bonchev–Trinajstić information content (AvgIpc) is 3.24. The number of rotatable bonds is 15. The van der Waals surface area contributed by atoms with Gasteiger partial charge in [0.1, 0.15) is 0 Å². The Kier molecular flexibility index (Phi) is 11.2. The molecule has 1 aliphatic rings. The summed E-state index contributed by atoms with van der Waals surface area (Å²) in [6.45, 7) is 11.2. The van der Waals surface area contributed by atoms with E-state index in [1.807, 2.05) is 0 Å². The first kappa shape index (κ1) is 28.1. The van der Waals surface area contributed by atoms with Crippen LogP contribution in [-0.4, -0.2) is 4.70 Å². The molecule has 0 radical (unpaired) electrons. The fraction of sp³-hybridized carbons (Fsp3) is 0.529. The minimum absolute atomic E-state index is 0.900. The first-order valence-corrected chi connectivity index (χ1v) is 14.7. The lowest BCUT2D eigenvalue weighted by Crippen LogP contribution is -2.05. The second-order valence-electron chi connectivity index (χ2n) is 10.6. The van der Waals surface area contributed by atoms with Gasteiger partial charge in [-0.15, -0.1) is 0 Å². The van der Waals surface area contributed by atoms with Crippen molar-refractivity contribution in [2.24, 2.45) is 0 Å². The van der Waals surface area contributed by atoms with Gasteiger partial charge in [-0.25, -0.2) is 4.70 Å². The third-order valence-electron chi connectivity index (χ3n) is 7.39. The molecule has 0 unspecified atom stereocenters. The van der Waals surface area contributed by atoms with E-state index in [1.54, 1.807) is 0 Å². The standard InChI is InChI=1S/C34H48N2/c1-6-11-15-26-19-27(16-12-7-2)22-31(21-26)33-25-30(10-5)34(36(33)35)32-23-28(17-13-8-3)20-29(24-32)18-14-9-4/h19-25H,6-18H2,1-5H3. The number of hydrogen-bond donors (Lipinski definition) is 0. The molecule has 0 saturated carbocycles. The van der Waals surface area contributed by atoms with Gasteiger partial charge in [0.15, 0.2) is 0 Å². The van der Waals surface area contributed by atoms with Crippen molar-refractivity contribution in [3.05, 3.63) is 87.0 Å². The predicted octanol–water partition coefficient (Wildman–Crippen LogP) is 10.3. The van der Waals surface area contributed by atoms with E-state index in [2.05, 4.69) is 77.1 Å². The molecule has 194 valence electrons. The summed E-state index contributed by atoms with van der Waals surface area (Å²) in [6.07, 6.45) is 17.1. The fourth-order valence-electron chi connectivity index (χ4n) is 5.24. The minimum atomic E-state index is 0.900. The Morgan fingerprint density at radius 1 is 0.556 bits per heavy atom. The number of hydrogen-bond acceptors (Lipinski definition) is 0. The zero-order valence-corrected chi connectivity index (χ0v) is 23.6. The maximum Gasteiger partial charge on any atom is 0.210 e. The second-order valence-corrected chi connectivity index (χ2v) is 10.6. The summed E-state index contributed by atoms with van der Waals surface area (Å²) in [5.74, 6) is 0. The van der Waals surface area contributed by atoms with Crippen LogP contribution in [0.4, 0.5) is 0 Å². The van der Waals surface area contributed by atoms with E-state index >= 15 is 0 Å². The van der Waals surface area contributed by atoms with Gasteiger partial charge in [-0.2, -0.15) is 0 Å². The molecule has 36 heavy (non-hydrogen) atoms. The number of allylic oxidation sites excluding steroid dienone is 2. The quantitative estimate of drug-likeness (QED) is 0.225. The first-order valence-electron chi connectivity index (χ1n) is 14.7. The minimum Gasteiger partial charge on any atom is -0.493 e. The van der Waals surface area contributed by atoms with Crippen LogP contribution in [0.1, 0.15) is 126 Å². The van der Waals surface area contributed by atoms with Crippen LogP contribution in [0.3, 0.4) is 0 Å². The van der Waals surface area contributed by atoms with E-state index < -0.39 is 0 Å². The summed E-state index contributed by atoms with van der Waals surface area (Å²) in [4.78, 5) is 0. The molecule has 1 heterocycles. The zero-order valence-electron chi connectivity index (χ0n) is 23.6. The predicted molar refractivity (Wildman–Crippen MR) is 156 cm³/mol. The van der Waals surface area contributed by atoms with E-state index in [-0.39, 0.29) is 0 Å². The van der Waals surface area contributed by atoms with Crippen LogP contribution in [0.15, 0.2) is 48.0 Å². The molecule has 0 fully saturated rings. The van der Waals surface area contributed by atoms with Crippen molar-refractivity contribution in [3.63, 3.8) is 0 Å². The van der Waals surface area contributed by atoms with Crippen molar-refractivity contribution < 1.29 is 4.70 Å². The smallest absolute Gasteiger partial charge is 0.210 e. The lowest BCUT2D eigenvalue weighted by molar-refractivity contribution is -0.344. The molecule has 2 aromatic rings. The van der Waals surface area contributed by atoms with Crippen LogP contribution < -0.4 is 0 Å². The number of aryl methyl sites for hydroxylation is 4. The van der Waals surface area contributed by atoms with Gasteiger partial charge in [0.2, 0.25) is 11.4 Å². The van der Waals surface area contributed by atoms with E-state index in [0.717, 1.165) is 54.6 Å². The molecule has 1 aliphatic heterocycles. The average molecular weight is 485 g/mol. The third-order valence-corrected chi connectivity index (χ3v) is 7.39. The van der Waals surface area contributed by atoms with Gasteiger partial charge >= 0.3 is 0 Å². The summed E-state index contributed by atoms with van der Waals surface area (Å²) in [5, 5.41) is 0. The van der Waals surface area contributed by atoms with Gasteiger partial charge in [-0.05, 0) is 104 Å². The molecule has 0 atom stereocenters. The number of benzene rings is 2. The Balaban J connectivity index is 2.00. The zero-order chi connectivity index (χ0) is 25.9. The molecule has 2 heteroatoms. The van der Waals surface area contributed by atoms with E-state index in [9.17, 15) is 5.53 Å². The molecule has 0 saturated heterocycles. The van der Waals surface area contributed by atoms with Crippen LogP contribution in [0.2, 0.25) is 0 Å². The summed E-state index contributed by atoms with van der Waals surface area (Å²) < 4.78 is 1.49. The lowest BCUT2D eigenvalue weighted by atomic mass is 9.96. The molecule has 0 N–H and O–H groups in total. The monoisotopic (exact) mass is 484 g/mol. The van der Waals surface area contributed by atoms with Gasteiger partial charge in [-0.3, -0.25) is 0 Å². The summed E-state index contributed by atoms with van der Waals surface area (Å²) in [6, 6.07) is 14.0. The molecule has 2 nitrogen and oxygen atoms in total. The van der Waals surface area contributed by atoms with E-state index in [4.69, 9.17) is 0 Å². The molecular formula is C34H48N2. The van der Waals surface area contributed by atoms with Gasteiger partial charge in [0.05, 0.1) is 0 Å². The SMILES string of the molecule is CCCCc1cc(CCCC)cc(C2=CC(CC)=C(c3cc(CCCC)cc(CCCC)c3)[N+]2=[N-])c1. The maximum atomic E-state index is 11.6. The molecule has 2 aromatic carbocycles. The lowest BCUT2D eigenvalue weighted by Gasteiger charge is -2.14. The molecule has 3 rings (SSSR count). The van der Waals surface area contributed by atoms with E-state index in [0.29, 0.717) is 0 Å². The molecule has 0 aliphatic carbocycles. The van der Waals surface area contributed by atoms with Gasteiger partial charge in [-0.1, -0.05) is 72.4 Å². The van der Waals surface area contributed by atoms with Crippen molar-refractivity contribution in [1.29, 1.82) is 0 Å². The van der Waals surface area contributed by atoms with Crippen LogP contribution >= 0.6 is 0 Å². The first-order chi connectivity index (χ1) is 17.5. The highest BCUT2D eigenvalue weighted by molar-refractivity contribution is 5.79. The third kappa shape index (κ3) is 7.28. The molecule has 0 spiro atoms. The Bertz CT molecular complexity index is 1030. The molecule has 0 amide bonds. The Hall–Kier alpha value is -2.48. The Morgan fingerprint density at radius 2 is 0.944 bits per heavy atom. The second kappa shape index (κ2) is 14.3. The van der Waals surface area contributed by atoms with Crippen molar-refractivity contribution in [2.45, 2.75) is 118 Å². The number of unbranched alkanes of at least 4 members (excludes halogenated alkanes) is 4. The Morgan fingerprint density at radius 3 is 1.31 bits per heavy atom. The highest BCUT2D eigenvalue weighted by atomic mass is 15.2. The fourth-order valence-corrected chi connectivity index (χ4v) is 5.24.